The maximum Gasteiger partial charge on any atom is 0.326 e. The van der Waals surface area contributed by atoms with E-state index in [0.29, 0.717) is 28.8 Å². The van der Waals surface area contributed by atoms with Crippen LogP contribution >= 0.6 is 0 Å². The molecule has 21 heavy (non-hydrogen) atoms. The number of carbonyl (C=O) groups is 2. The molecule has 0 saturated heterocycles. The van der Waals surface area contributed by atoms with Crippen LogP contribution in [0.2, 0.25) is 0 Å². The lowest BCUT2D eigenvalue weighted by molar-refractivity contribution is -0.141. The van der Waals surface area contributed by atoms with Gasteiger partial charge in [-0.1, -0.05) is 6.92 Å². The number of rotatable bonds is 6. The molecule has 1 unspecified atom stereocenters. The second kappa shape index (κ2) is 6.05. The average molecular weight is 290 g/mol. The number of hydrogen-bond acceptors (Lipinski definition) is 4. The third-order valence-electron chi connectivity index (χ3n) is 3.43. The molecule has 0 aliphatic carbocycles. The number of carbonyl (C=O) groups excluding carboxylic acids is 1. The summed E-state index contributed by atoms with van der Waals surface area (Å²) >= 11 is 0. The summed E-state index contributed by atoms with van der Waals surface area (Å²) in [5.41, 5.74) is 1.86. The SMILES string of the molecule is CCC(C(=O)O)n1c(COC)nc2cc(C(C)=O)ccc21. The van der Waals surface area contributed by atoms with E-state index >= 15 is 0 Å². The number of methoxy groups -OCH3 is 1. The number of fused-ring (bicyclic) bond motifs is 1. The molecule has 1 N–H and O–H groups in total. The summed E-state index contributed by atoms with van der Waals surface area (Å²) in [6.07, 6.45) is 0.436. The van der Waals surface area contributed by atoms with Gasteiger partial charge in [0.2, 0.25) is 0 Å². The highest BCUT2D eigenvalue weighted by atomic mass is 16.5. The fourth-order valence-electron chi connectivity index (χ4n) is 2.41. The van der Waals surface area contributed by atoms with Crippen molar-refractivity contribution in [2.24, 2.45) is 0 Å². The molecule has 0 aliphatic heterocycles. The van der Waals surface area contributed by atoms with Crippen LogP contribution in [-0.4, -0.2) is 33.5 Å². The minimum absolute atomic E-state index is 0.0509. The summed E-state index contributed by atoms with van der Waals surface area (Å²) in [6, 6.07) is 4.41. The van der Waals surface area contributed by atoms with Crippen LogP contribution in [0.1, 0.15) is 42.5 Å². The van der Waals surface area contributed by atoms with E-state index in [1.54, 1.807) is 22.8 Å². The molecule has 0 amide bonds. The van der Waals surface area contributed by atoms with Gasteiger partial charge in [-0.2, -0.15) is 0 Å². The molecule has 112 valence electrons. The van der Waals surface area contributed by atoms with Crippen molar-refractivity contribution in [3.05, 3.63) is 29.6 Å². The summed E-state index contributed by atoms with van der Waals surface area (Å²) in [5, 5.41) is 9.40. The van der Waals surface area contributed by atoms with E-state index in [2.05, 4.69) is 4.98 Å². The number of hydrogen-bond donors (Lipinski definition) is 1. The minimum Gasteiger partial charge on any atom is -0.480 e. The summed E-state index contributed by atoms with van der Waals surface area (Å²) < 4.78 is 6.78. The molecular weight excluding hydrogens is 272 g/mol. The third-order valence-corrected chi connectivity index (χ3v) is 3.43. The fourth-order valence-corrected chi connectivity index (χ4v) is 2.41. The van der Waals surface area contributed by atoms with Gasteiger partial charge in [0.15, 0.2) is 5.78 Å². The number of ketones is 1. The van der Waals surface area contributed by atoms with Gasteiger partial charge < -0.3 is 14.4 Å². The molecule has 0 saturated carbocycles. The van der Waals surface area contributed by atoms with Gasteiger partial charge >= 0.3 is 5.97 Å². The Hall–Kier alpha value is -2.21. The van der Waals surface area contributed by atoms with Gasteiger partial charge in [-0.15, -0.1) is 0 Å². The quantitative estimate of drug-likeness (QED) is 0.826. The van der Waals surface area contributed by atoms with Crippen LogP contribution in [0.15, 0.2) is 18.2 Å². The monoisotopic (exact) mass is 290 g/mol. The highest BCUT2D eigenvalue weighted by Gasteiger charge is 2.23. The summed E-state index contributed by atoms with van der Waals surface area (Å²) in [7, 11) is 1.53. The predicted molar refractivity (Wildman–Crippen MR) is 77.4 cm³/mol. The zero-order chi connectivity index (χ0) is 15.6. The first-order valence-electron chi connectivity index (χ1n) is 6.73. The van der Waals surface area contributed by atoms with Crippen LogP contribution in [0.5, 0.6) is 0 Å². The number of Topliss-reactive ketones (excluding diaryl/α,β-unsaturated/α-hetero) is 1. The smallest absolute Gasteiger partial charge is 0.326 e. The predicted octanol–water partition coefficient (Wildman–Crippen LogP) is 2.42. The van der Waals surface area contributed by atoms with Gasteiger partial charge in [0, 0.05) is 12.7 Å². The second-order valence-corrected chi connectivity index (χ2v) is 4.85. The van der Waals surface area contributed by atoms with Crippen LogP contribution in [-0.2, 0) is 16.1 Å². The van der Waals surface area contributed by atoms with Gasteiger partial charge in [0.05, 0.1) is 11.0 Å². The number of imidazole rings is 1. The number of aromatic nitrogens is 2. The largest absolute Gasteiger partial charge is 0.480 e. The molecule has 6 heteroatoms. The average Bonchev–Trinajstić information content (AvgIpc) is 2.77. The van der Waals surface area contributed by atoms with Gasteiger partial charge in [-0.3, -0.25) is 4.79 Å². The molecular formula is C15H18N2O4. The molecule has 0 bridgehead atoms. The Kier molecular flexibility index (Phi) is 4.37. The van der Waals surface area contributed by atoms with Crippen molar-refractivity contribution >= 4 is 22.8 Å². The van der Waals surface area contributed by atoms with Crippen LogP contribution in [0, 0.1) is 0 Å². The van der Waals surface area contributed by atoms with Crippen LogP contribution < -0.4 is 0 Å². The number of aliphatic carboxylic acids is 1. The van der Waals surface area contributed by atoms with Gasteiger partial charge in [-0.05, 0) is 31.5 Å². The summed E-state index contributed by atoms with van der Waals surface area (Å²) in [4.78, 5) is 27.3. The van der Waals surface area contributed by atoms with E-state index in [4.69, 9.17) is 4.74 Å². The first-order valence-corrected chi connectivity index (χ1v) is 6.73. The Balaban J connectivity index is 2.68. The lowest BCUT2D eigenvalue weighted by Crippen LogP contribution is -2.20. The molecule has 2 rings (SSSR count). The first kappa shape index (κ1) is 15.2. The van der Waals surface area contributed by atoms with Gasteiger partial charge in [0.25, 0.3) is 0 Å². The Morgan fingerprint density at radius 2 is 2.14 bits per heavy atom. The molecule has 1 heterocycles. The van der Waals surface area contributed by atoms with Crippen molar-refractivity contribution in [1.29, 1.82) is 0 Å². The number of benzene rings is 1. The molecule has 0 aliphatic rings. The van der Waals surface area contributed by atoms with Crippen LogP contribution in [0.25, 0.3) is 11.0 Å². The van der Waals surface area contributed by atoms with Crippen molar-refractivity contribution in [1.82, 2.24) is 9.55 Å². The van der Waals surface area contributed by atoms with Crippen molar-refractivity contribution < 1.29 is 19.4 Å². The first-order chi connectivity index (χ1) is 9.99. The fraction of sp³-hybridized carbons (Fsp3) is 0.400. The van der Waals surface area contributed by atoms with Gasteiger partial charge in [0.1, 0.15) is 18.5 Å². The van der Waals surface area contributed by atoms with E-state index in [0.717, 1.165) is 0 Å². The lowest BCUT2D eigenvalue weighted by Gasteiger charge is -2.16. The molecule has 0 fully saturated rings. The topological polar surface area (TPSA) is 81.4 Å². The van der Waals surface area contributed by atoms with E-state index in [9.17, 15) is 14.7 Å². The van der Waals surface area contributed by atoms with E-state index < -0.39 is 12.0 Å². The normalized spacial score (nSPS) is 12.5. The zero-order valence-corrected chi connectivity index (χ0v) is 12.3. The molecule has 0 spiro atoms. The lowest BCUT2D eigenvalue weighted by atomic mass is 10.1. The molecule has 6 nitrogen and oxygen atoms in total. The highest BCUT2D eigenvalue weighted by molar-refractivity contribution is 5.97. The van der Waals surface area contributed by atoms with Gasteiger partial charge in [-0.25, -0.2) is 9.78 Å². The van der Waals surface area contributed by atoms with Crippen LogP contribution in [0.3, 0.4) is 0 Å². The number of carboxylic acids is 1. The number of ether oxygens (including phenoxy) is 1. The maximum atomic E-state index is 11.5. The molecule has 1 aromatic heterocycles. The zero-order valence-electron chi connectivity index (χ0n) is 12.3. The standard InChI is InChI=1S/C15H18N2O4/c1-4-12(15(19)20)17-13-6-5-10(9(2)18)7-11(13)16-14(17)8-21-3/h5-7,12H,4,8H2,1-3H3,(H,19,20). The Morgan fingerprint density at radius 3 is 2.67 bits per heavy atom. The van der Waals surface area contributed by atoms with Crippen molar-refractivity contribution in [2.45, 2.75) is 32.9 Å². The van der Waals surface area contributed by atoms with E-state index in [1.165, 1.54) is 14.0 Å². The highest BCUT2D eigenvalue weighted by Crippen LogP contribution is 2.25. The van der Waals surface area contributed by atoms with E-state index in [-0.39, 0.29) is 12.4 Å². The number of nitrogens with zero attached hydrogens (tertiary/aromatic N) is 2. The maximum absolute atomic E-state index is 11.5. The van der Waals surface area contributed by atoms with Crippen molar-refractivity contribution in [2.75, 3.05) is 7.11 Å². The molecule has 1 atom stereocenters. The molecule has 1 aromatic carbocycles. The molecule has 0 radical (unpaired) electrons. The van der Waals surface area contributed by atoms with Crippen LogP contribution in [0.4, 0.5) is 0 Å². The minimum atomic E-state index is -0.912. The third kappa shape index (κ3) is 2.80. The Labute approximate surface area is 122 Å². The van der Waals surface area contributed by atoms with E-state index in [1.807, 2.05) is 6.92 Å². The summed E-state index contributed by atoms with van der Waals surface area (Å²) in [6.45, 7) is 3.51. The Bertz CT molecular complexity index is 690. The van der Waals surface area contributed by atoms with Crippen molar-refractivity contribution in [3.63, 3.8) is 0 Å². The second-order valence-electron chi connectivity index (χ2n) is 4.85. The molecule has 2 aromatic rings. The Morgan fingerprint density at radius 1 is 1.43 bits per heavy atom. The summed E-state index contributed by atoms with van der Waals surface area (Å²) in [5.74, 6) is -0.419. The van der Waals surface area contributed by atoms with Crippen molar-refractivity contribution in [3.8, 4) is 0 Å². The number of carboxylic acid groups (broad SMARTS) is 1.